The van der Waals surface area contributed by atoms with Gasteiger partial charge in [0.05, 0.1) is 24.9 Å². The highest BCUT2D eigenvalue weighted by Crippen LogP contribution is 2.28. The Morgan fingerprint density at radius 3 is 3.00 bits per heavy atom. The summed E-state index contributed by atoms with van der Waals surface area (Å²) >= 11 is 0. The zero-order valence-corrected chi connectivity index (χ0v) is 13.8. The van der Waals surface area contributed by atoms with Gasteiger partial charge in [-0.15, -0.1) is 0 Å². The number of carbonyl (C=O) groups is 1. The summed E-state index contributed by atoms with van der Waals surface area (Å²) in [4.78, 5) is 12.2. The van der Waals surface area contributed by atoms with Crippen molar-refractivity contribution in [2.24, 2.45) is 0 Å². The molecule has 2 aromatic heterocycles. The van der Waals surface area contributed by atoms with Crippen molar-refractivity contribution in [1.29, 1.82) is 0 Å². The Morgan fingerprint density at radius 2 is 2.29 bits per heavy atom. The minimum absolute atomic E-state index is 0.0345. The van der Waals surface area contributed by atoms with Gasteiger partial charge in [-0.25, -0.2) is 4.79 Å². The first kappa shape index (κ1) is 16.6. The number of nitrogens with one attached hydrogen (secondary N) is 2. The zero-order chi connectivity index (χ0) is 17.0. The van der Waals surface area contributed by atoms with Gasteiger partial charge in [-0.3, -0.25) is 4.68 Å². The van der Waals surface area contributed by atoms with Crippen LogP contribution in [0.4, 0.5) is 4.79 Å². The summed E-state index contributed by atoms with van der Waals surface area (Å²) < 4.78 is 7.13. The smallest absolute Gasteiger partial charge is 0.315 e. The normalized spacial score (nSPS) is 23.4. The van der Waals surface area contributed by atoms with E-state index in [0.29, 0.717) is 5.76 Å². The van der Waals surface area contributed by atoms with Gasteiger partial charge in [0, 0.05) is 12.4 Å². The number of aliphatic hydroxyl groups is 1. The van der Waals surface area contributed by atoms with E-state index in [0.717, 1.165) is 25.7 Å². The summed E-state index contributed by atoms with van der Waals surface area (Å²) in [6.45, 7) is 1.69. The Kier molecular flexibility index (Phi) is 4.89. The number of nitrogens with zero attached hydrogens (tertiary/aromatic N) is 2. The van der Waals surface area contributed by atoms with Crippen molar-refractivity contribution >= 4 is 6.03 Å². The van der Waals surface area contributed by atoms with Gasteiger partial charge in [0.25, 0.3) is 0 Å². The van der Waals surface area contributed by atoms with Crippen LogP contribution in [0.1, 0.15) is 44.4 Å². The molecule has 2 amide bonds. The summed E-state index contributed by atoms with van der Waals surface area (Å²) in [5, 5.41) is 20.4. The van der Waals surface area contributed by atoms with Crippen LogP contribution in [0.3, 0.4) is 0 Å². The lowest BCUT2D eigenvalue weighted by atomic mass is 9.90. The lowest BCUT2D eigenvalue weighted by Crippen LogP contribution is -2.50. The van der Waals surface area contributed by atoms with E-state index in [2.05, 4.69) is 15.7 Å². The molecule has 3 rings (SSSR count). The molecule has 0 spiro atoms. The van der Waals surface area contributed by atoms with Gasteiger partial charge in [-0.2, -0.15) is 5.10 Å². The molecule has 1 saturated carbocycles. The molecule has 1 aliphatic rings. The number of hydrogen-bond acceptors (Lipinski definition) is 4. The van der Waals surface area contributed by atoms with E-state index < -0.39 is 5.60 Å². The van der Waals surface area contributed by atoms with Crippen LogP contribution in [0.25, 0.3) is 0 Å². The SMILES string of the molecule is C[C@](O)(CNC(=O)N[C@@H]1CCCC[C@H]1n1cccn1)c1ccco1. The van der Waals surface area contributed by atoms with Crippen LogP contribution >= 0.6 is 0 Å². The van der Waals surface area contributed by atoms with Crippen molar-refractivity contribution in [3.63, 3.8) is 0 Å². The number of furan rings is 1. The predicted octanol–water partition coefficient (Wildman–Crippen LogP) is 2.17. The second-order valence-corrected chi connectivity index (χ2v) is 6.52. The van der Waals surface area contributed by atoms with Crippen LogP contribution in [0.5, 0.6) is 0 Å². The molecule has 0 aromatic carbocycles. The molecule has 1 fully saturated rings. The first-order chi connectivity index (χ1) is 11.6. The lowest BCUT2D eigenvalue weighted by molar-refractivity contribution is 0.0365. The fourth-order valence-electron chi connectivity index (χ4n) is 3.22. The lowest BCUT2D eigenvalue weighted by Gasteiger charge is -2.32. The van der Waals surface area contributed by atoms with Crippen molar-refractivity contribution in [2.75, 3.05) is 6.54 Å². The highest BCUT2D eigenvalue weighted by Gasteiger charge is 2.30. The molecule has 0 bridgehead atoms. The molecule has 3 atom stereocenters. The van der Waals surface area contributed by atoms with Gasteiger partial charge >= 0.3 is 6.03 Å². The third-order valence-corrected chi connectivity index (χ3v) is 4.56. The van der Waals surface area contributed by atoms with Gasteiger partial charge in [-0.1, -0.05) is 12.8 Å². The second-order valence-electron chi connectivity index (χ2n) is 6.52. The van der Waals surface area contributed by atoms with Crippen LogP contribution in [-0.4, -0.2) is 33.5 Å². The van der Waals surface area contributed by atoms with Crippen molar-refractivity contribution in [1.82, 2.24) is 20.4 Å². The first-order valence-electron chi connectivity index (χ1n) is 8.36. The van der Waals surface area contributed by atoms with Gasteiger partial charge in [-0.05, 0) is 38.0 Å². The first-order valence-corrected chi connectivity index (χ1v) is 8.36. The van der Waals surface area contributed by atoms with E-state index >= 15 is 0 Å². The largest absolute Gasteiger partial charge is 0.466 e. The quantitative estimate of drug-likeness (QED) is 0.782. The Labute approximate surface area is 141 Å². The Morgan fingerprint density at radius 1 is 1.46 bits per heavy atom. The molecule has 1 aliphatic carbocycles. The molecule has 0 saturated heterocycles. The van der Waals surface area contributed by atoms with Crippen LogP contribution < -0.4 is 10.6 Å². The number of rotatable bonds is 5. The van der Waals surface area contributed by atoms with Crippen LogP contribution in [0.15, 0.2) is 41.3 Å². The molecule has 0 unspecified atom stereocenters. The van der Waals surface area contributed by atoms with E-state index in [4.69, 9.17) is 4.42 Å². The molecule has 2 aromatic rings. The monoisotopic (exact) mass is 332 g/mol. The average Bonchev–Trinajstić information content (AvgIpc) is 3.27. The molecule has 0 aliphatic heterocycles. The summed E-state index contributed by atoms with van der Waals surface area (Å²) in [7, 11) is 0. The van der Waals surface area contributed by atoms with E-state index in [1.165, 1.54) is 6.26 Å². The number of hydrogen-bond donors (Lipinski definition) is 3. The van der Waals surface area contributed by atoms with Gasteiger partial charge < -0.3 is 20.2 Å². The van der Waals surface area contributed by atoms with Crippen molar-refractivity contribution in [3.05, 3.63) is 42.6 Å². The average molecular weight is 332 g/mol. The minimum atomic E-state index is -1.24. The van der Waals surface area contributed by atoms with Crippen LogP contribution in [0, 0.1) is 0 Å². The van der Waals surface area contributed by atoms with Gasteiger partial charge in [0.15, 0.2) is 0 Å². The molecule has 2 heterocycles. The fraction of sp³-hybridized carbons (Fsp3) is 0.529. The topological polar surface area (TPSA) is 92.3 Å². The number of aromatic nitrogens is 2. The summed E-state index contributed by atoms with van der Waals surface area (Å²) in [5.41, 5.74) is -1.24. The minimum Gasteiger partial charge on any atom is -0.466 e. The second kappa shape index (κ2) is 7.09. The molecule has 3 N–H and O–H groups in total. The highest BCUT2D eigenvalue weighted by atomic mass is 16.4. The van der Waals surface area contributed by atoms with Crippen LogP contribution in [0.2, 0.25) is 0 Å². The Hall–Kier alpha value is -2.28. The van der Waals surface area contributed by atoms with E-state index in [1.54, 1.807) is 25.3 Å². The number of carbonyl (C=O) groups excluding carboxylic acids is 1. The zero-order valence-electron chi connectivity index (χ0n) is 13.8. The van der Waals surface area contributed by atoms with E-state index in [-0.39, 0.29) is 24.7 Å². The maximum atomic E-state index is 12.2. The molecule has 7 heteroatoms. The molecular formula is C17H24N4O3. The molecular weight excluding hydrogens is 308 g/mol. The van der Waals surface area contributed by atoms with Gasteiger partial charge in [0.1, 0.15) is 11.4 Å². The molecule has 0 radical (unpaired) electrons. The summed E-state index contributed by atoms with van der Waals surface area (Å²) in [5.74, 6) is 0.426. The number of amides is 2. The molecule has 130 valence electrons. The Balaban J connectivity index is 1.55. The van der Waals surface area contributed by atoms with Crippen LogP contribution in [-0.2, 0) is 5.60 Å². The maximum Gasteiger partial charge on any atom is 0.315 e. The molecule has 7 nitrogen and oxygen atoms in total. The van der Waals surface area contributed by atoms with Crippen molar-refractivity contribution < 1.29 is 14.3 Å². The van der Waals surface area contributed by atoms with Gasteiger partial charge in [0.2, 0.25) is 0 Å². The standard InChI is InChI=1S/C17H24N4O3/c1-17(23,15-8-4-11-24-15)12-18-16(22)20-13-6-2-3-7-14(13)21-10-5-9-19-21/h4-5,8-11,13-14,23H,2-3,6-7,12H2,1H3,(H2,18,20,22)/t13-,14-,17+/m1/s1. The van der Waals surface area contributed by atoms with E-state index in [1.807, 2.05) is 16.9 Å². The summed E-state index contributed by atoms with van der Waals surface area (Å²) in [6.07, 6.45) is 9.34. The predicted molar refractivity (Wildman–Crippen MR) is 88.3 cm³/mol. The summed E-state index contributed by atoms with van der Waals surface area (Å²) in [6, 6.07) is 5.21. The molecule has 24 heavy (non-hydrogen) atoms. The number of urea groups is 1. The van der Waals surface area contributed by atoms with Crippen molar-refractivity contribution in [2.45, 2.75) is 50.3 Å². The third-order valence-electron chi connectivity index (χ3n) is 4.56. The Bertz CT molecular complexity index is 637. The highest BCUT2D eigenvalue weighted by molar-refractivity contribution is 5.74. The third kappa shape index (κ3) is 3.79. The maximum absolute atomic E-state index is 12.2. The fourth-order valence-corrected chi connectivity index (χ4v) is 3.22. The van der Waals surface area contributed by atoms with Crippen molar-refractivity contribution in [3.8, 4) is 0 Å². The van der Waals surface area contributed by atoms with E-state index in [9.17, 15) is 9.90 Å².